The van der Waals surface area contributed by atoms with Crippen molar-refractivity contribution in [2.75, 3.05) is 0 Å². The zero-order valence-corrected chi connectivity index (χ0v) is 10.0. The van der Waals surface area contributed by atoms with E-state index in [9.17, 15) is 9.90 Å². The van der Waals surface area contributed by atoms with E-state index in [0.717, 1.165) is 31.2 Å². The summed E-state index contributed by atoms with van der Waals surface area (Å²) in [5.74, 6) is -0.186. The van der Waals surface area contributed by atoms with Crippen molar-refractivity contribution in [3.8, 4) is 0 Å². The van der Waals surface area contributed by atoms with Gasteiger partial charge < -0.3 is 10.4 Å². The molecule has 2 rings (SSSR count). The number of amides is 1. The van der Waals surface area contributed by atoms with E-state index in [1.807, 2.05) is 19.1 Å². The van der Waals surface area contributed by atoms with Crippen LogP contribution >= 0.6 is 0 Å². The molecule has 0 aromatic carbocycles. The smallest absolute Gasteiger partial charge is 0.270 e. The van der Waals surface area contributed by atoms with Gasteiger partial charge in [-0.05, 0) is 31.4 Å². The van der Waals surface area contributed by atoms with E-state index in [0.29, 0.717) is 5.69 Å². The topological polar surface area (TPSA) is 62.2 Å². The Balaban J connectivity index is 2.04. The number of aliphatic hydroxyl groups excluding tert-OH is 1. The lowest BCUT2D eigenvalue weighted by Gasteiger charge is -2.28. The number of aryl methyl sites for hydroxylation is 1. The Bertz CT molecular complexity index is 406. The first-order valence-electron chi connectivity index (χ1n) is 6.09. The van der Waals surface area contributed by atoms with Gasteiger partial charge in [-0.25, -0.2) is 0 Å². The summed E-state index contributed by atoms with van der Waals surface area (Å²) >= 11 is 0. The number of nitrogens with one attached hydrogen (secondary N) is 1. The number of hydrogen-bond donors (Lipinski definition) is 2. The summed E-state index contributed by atoms with van der Waals surface area (Å²) in [5, 5.41) is 12.7. The van der Waals surface area contributed by atoms with Crippen molar-refractivity contribution in [3.05, 3.63) is 29.6 Å². The van der Waals surface area contributed by atoms with Gasteiger partial charge in [-0.3, -0.25) is 9.78 Å². The van der Waals surface area contributed by atoms with Crippen LogP contribution in [0.3, 0.4) is 0 Å². The summed E-state index contributed by atoms with van der Waals surface area (Å²) in [6, 6.07) is 3.54. The number of hydrogen-bond acceptors (Lipinski definition) is 3. The van der Waals surface area contributed by atoms with Crippen LogP contribution in [-0.4, -0.2) is 28.1 Å². The van der Waals surface area contributed by atoms with E-state index >= 15 is 0 Å². The standard InChI is InChI=1S/C13H18N2O2/c1-9-5-4-8-14-12(9)13(17)15-10-6-2-3-7-11(10)16/h4-5,8,10-11,16H,2-3,6-7H2,1H3,(H,15,17)/t10-,11-/m1/s1. The minimum absolute atomic E-state index is 0.127. The van der Waals surface area contributed by atoms with Crippen molar-refractivity contribution in [2.24, 2.45) is 0 Å². The van der Waals surface area contributed by atoms with Crippen LogP contribution in [0.4, 0.5) is 0 Å². The lowest BCUT2D eigenvalue weighted by molar-refractivity contribution is 0.0713. The van der Waals surface area contributed by atoms with Crippen LogP contribution in [0.15, 0.2) is 18.3 Å². The van der Waals surface area contributed by atoms with Crippen molar-refractivity contribution in [1.82, 2.24) is 10.3 Å². The fourth-order valence-corrected chi connectivity index (χ4v) is 2.24. The predicted octanol–water partition coefficient (Wildman–Crippen LogP) is 1.42. The molecule has 0 unspecified atom stereocenters. The zero-order chi connectivity index (χ0) is 12.3. The molecule has 1 fully saturated rings. The van der Waals surface area contributed by atoms with Crippen LogP contribution in [0.1, 0.15) is 41.7 Å². The van der Waals surface area contributed by atoms with Gasteiger partial charge in [-0.2, -0.15) is 0 Å². The van der Waals surface area contributed by atoms with Gasteiger partial charge in [-0.15, -0.1) is 0 Å². The number of aliphatic hydroxyl groups is 1. The third kappa shape index (κ3) is 2.82. The average Bonchev–Trinajstić information content (AvgIpc) is 2.32. The lowest BCUT2D eigenvalue weighted by Crippen LogP contribution is -2.45. The maximum Gasteiger partial charge on any atom is 0.270 e. The van der Waals surface area contributed by atoms with Crippen LogP contribution in [0, 0.1) is 6.92 Å². The summed E-state index contributed by atoms with van der Waals surface area (Å²) in [6.07, 6.45) is 4.90. The molecule has 0 aliphatic heterocycles. The highest BCUT2D eigenvalue weighted by Crippen LogP contribution is 2.18. The van der Waals surface area contributed by atoms with Gasteiger partial charge >= 0.3 is 0 Å². The van der Waals surface area contributed by atoms with E-state index in [4.69, 9.17) is 0 Å². The minimum Gasteiger partial charge on any atom is -0.391 e. The van der Waals surface area contributed by atoms with Gasteiger partial charge in [0.25, 0.3) is 5.91 Å². The number of carbonyl (C=O) groups is 1. The van der Waals surface area contributed by atoms with Gasteiger partial charge in [-0.1, -0.05) is 18.9 Å². The quantitative estimate of drug-likeness (QED) is 0.813. The minimum atomic E-state index is -0.420. The Morgan fingerprint density at radius 3 is 2.94 bits per heavy atom. The Morgan fingerprint density at radius 2 is 2.24 bits per heavy atom. The summed E-state index contributed by atoms with van der Waals surface area (Å²) in [6.45, 7) is 1.86. The van der Waals surface area contributed by atoms with Gasteiger partial charge in [0.05, 0.1) is 12.1 Å². The molecule has 2 atom stereocenters. The molecule has 2 N–H and O–H groups in total. The first kappa shape index (κ1) is 12.0. The highest BCUT2D eigenvalue weighted by atomic mass is 16.3. The monoisotopic (exact) mass is 234 g/mol. The number of pyridine rings is 1. The van der Waals surface area contributed by atoms with E-state index in [2.05, 4.69) is 10.3 Å². The first-order valence-corrected chi connectivity index (χ1v) is 6.09. The molecule has 1 aliphatic carbocycles. The van der Waals surface area contributed by atoms with E-state index in [-0.39, 0.29) is 11.9 Å². The molecule has 1 amide bonds. The number of nitrogens with zero attached hydrogens (tertiary/aromatic N) is 1. The van der Waals surface area contributed by atoms with Crippen LogP contribution < -0.4 is 5.32 Å². The van der Waals surface area contributed by atoms with E-state index < -0.39 is 6.10 Å². The van der Waals surface area contributed by atoms with Crippen molar-refractivity contribution >= 4 is 5.91 Å². The zero-order valence-electron chi connectivity index (χ0n) is 10.0. The summed E-state index contributed by atoms with van der Waals surface area (Å²) in [5.41, 5.74) is 1.31. The maximum atomic E-state index is 12.0. The second-order valence-electron chi connectivity index (χ2n) is 4.60. The summed E-state index contributed by atoms with van der Waals surface area (Å²) in [4.78, 5) is 16.1. The Hall–Kier alpha value is -1.42. The van der Waals surface area contributed by atoms with Crippen molar-refractivity contribution in [3.63, 3.8) is 0 Å². The summed E-state index contributed by atoms with van der Waals surface area (Å²) < 4.78 is 0. The lowest BCUT2D eigenvalue weighted by atomic mass is 9.92. The molecule has 1 heterocycles. The summed E-state index contributed by atoms with van der Waals surface area (Å²) in [7, 11) is 0. The van der Waals surface area contributed by atoms with Crippen LogP contribution in [0.25, 0.3) is 0 Å². The van der Waals surface area contributed by atoms with Crippen molar-refractivity contribution < 1.29 is 9.90 Å². The number of aromatic nitrogens is 1. The second kappa shape index (κ2) is 5.27. The Morgan fingerprint density at radius 1 is 1.47 bits per heavy atom. The van der Waals surface area contributed by atoms with E-state index in [1.54, 1.807) is 6.20 Å². The number of rotatable bonds is 2. The van der Waals surface area contributed by atoms with Crippen LogP contribution in [0.2, 0.25) is 0 Å². The van der Waals surface area contributed by atoms with Gasteiger partial charge in [0, 0.05) is 6.20 Å². The molecule has 1 aliphatic rings. The fraction of sp³-hybridized carbons (Fsp3) is 0.538. The third-order valence-corrected chi connectivity index (χ3v) is 3.27. The molecule has 0 radical (unpaired) electrons. The molecule has 92 valence electrons. The van der Waals surface area contributed by atoms with Crippen molar-refractivity contribution in [1.29, 1.82) is 0 Å². The molecular formula is C13H18N2O2. The third-order valence-electron chi connectivity index (χ3n) is 3.27. The van der Waals surface area contributed by atoms with Gasteiger partial charge in [0.15, 0.2) is 0 Å². The SMILES string of the molecule is Cc1cccnc1C(=O)N[C@@H]1CCCC[C@H]1O. The van der Waals surface area contributed by atoms with Crippen LogP contribution in [0.5, 0.6) is 0 Å². The molecule has 0 spiro atoms. The molecule has 0 bridgehead atoms. The molecular weight excluding hydrogens is 216 g/mol. The fourth-order valence-electron chi connectivity index (χ4n) is 2.24. The number of carbonyl (C=O) groups excluding carboxylic acids is 1. The first-order chi connectivity index (χ1) is 8.18. The molecule has 4 heteroatoms. The Kier molecular flexibility index (Phi) is 3.74. The molecule has 0 saturated heterocycles. The van der Waals surface area contributed by atoms with Crippen molar-refractivity contribution in [2.45, 2.75) is 44.8 Å². The second-order valence-corrected chi connectivity index (χ2v) is 4.60. The molecule has 1 aromatic rings. The van der Waals surface area contributed by atoms with Crippen LogP contribution in [-0.2, 0) is 0 Å². The average molecular weight is 234 g/mol. The highest BCUT2D eigenvalue weighted by Gasteiger charge is 2.25. The molecule has 1 aromatic heterocycles. The molecule has 4 nitrogen and oxygen atoms in total. The molecule has 17 heavy (non-hydrogen) atoms. The largest absolute Gasteiger partial charge is 0.391 e. The van der Waals surface area contributed by atoms with Gasteiger partial charge in [0.1, 0.15) is 5.69 Å². The predicted molar refractivity (Wildman–Crippen MR) is 64.7 cm³/mol. The Labute approximate surface area is 101 Å². The van der Waals surface area contributed by atoms with E-state index in [1.165, 1.54) is 0 Å². The van der Waals surface area contributed by atoms with Gasteiger partial charge in [0.2, 0.25) is 0 Å². The maximum absolute atomic E-state index is 12.0. The molecule has 1 saturated carbocycles. The normalized spacial score (nSPS) is 24.4. The highest BCUT2D eigenvalue weighted by molar-refractivity contribution is 5.93.